The third-order valence-electron chi connectivity index (χ3n) is 4.40. The summed E-state index contributed by atoms with van der Waals surface area (Å²) >= 11 is 0. The van der Waals surface area contributed by atoms with Crippen LogP contribution in [-0.4, -0.2) is 22.0 Å². The second-order valence-corrected chi connectivity index (χ2v) is 6.20. The van der Waals surface area contributed by atoms with Crippen molar-refractivity contribution < 1.29 is 9.90 Å². The maximum atomic E-state index is 12.5. The Kier molecular flexibility index (Phi) is 4.94. The number of carbonyl (C=O) groups is 1. The number of carbonyl (C=O) groups excluding carboxylic acids is 1. The number of aromatic hydroxyl groups is 1. The zero-order valence-corrected chi connectivity index (χ0v) is 13.8. The van der Waals surface area contributed by atoms with Crippen LogP contribution in [0.5, 0.6) is 5.75 Å². The Morgan fingerprint density at radius 2 is 2.12 bits per heavy atom. The minimum Gasteiger partial charge on any atom is -0.506 e. The summed E-state index contributed by atoms with van der Waals surface area (Å²) in [4.78, 5) is 16.7. The van der Waals surface area contributed by atoms with E-state index in [4.69, 9.17) is 0 Å². The predicted octanol–water partition coefficient (Wildman–Crippen LogP) is 4.07. The highest BCUT2D eigenvalue weighted by Crippen LogP contribution is 2.22. The Labute approximate surface area is 142 Å². The lowest BCUT2D eigenvalue weighted by atomic mass is 9.94. The van der Waals surface area contributed by atoms with Crippen LogP contribution >= 0.6 is 0 Å². The van der Waals surface area contributed by atoms with Gasteiger partial charge in [-0.25, -0.2) is 0 Å². The SMILES string of the molecule is CC(NC(=O)c1cccc(-c2ccc(O)cn2)c1)C1=CCCCC1. The van der Waals surface area contributed by atoms with Crippen molar-refractivity contribution in [2.24, 2.45) is 0 Å². The summed E-state index contributed by atoms with van der Waals surface area (Å²) < 4.78 is 0. The zero-order chi connectivity index (χ0) is 16.9. The van der Waals surface area contributed by atoms with E-state index in [-0.39, 0.29) is 17.7 Å². The largest absolute Gasteiger partial charge is 0.506 e. The van der Waals surface area contributed by atoms with Gasteiger partial charge in [-0.15, -0.1) is 0 Å². The first kappa shape index (κ1) is 16.2. The number of amides is 1. The van der Waals surface area contributed by atoms with Crippen LogP contribution in [0.25, 0.3) is 11.3 Å². The smallest absolute Gasteiger partial charge is 0.251 e. The van der Waals surface area contributed by atoms with Crippen molar-refractivity contribution in [3.05, 3.63) is 59.8 Å². The average Bonchev–Trinajstić information content (AvgIpc) is 2.63. The summed E-state index contributed by atoms with van der Waals surface area (Å²) in [7, 11) is 0. The first-order valence-corrected chi connectivity index (χ1v) is 8.39. The number of pyridine rings is 1. The van der Waals surface area contributed by atoms with Gasteiger partial charge in [0.25, 0.3) is 5.91 Å². The fourth-order valence-electron chi connectivity index (χ4n) is 3.01. The molecule has 0 radical (unpaired) electrons. The van der Waals surface area contributed by atoms with Crippen molar-refractivity contribution in [2.45, 2.75) is 38.6 Å². The summed E-state index contributed by atoms with van der Waals surface area (Å²) in [6.07, 6.45) is 8.28. The molecule has 0 saturated heterocycles. The minimum atomic E-state index is -0.0744. The highest BCUT2D eigenvalue weighted by molar-refractivity contribution is 5.95. The Balaban J connectivity index is 1.74. The molecule has 0 saturated carbocycles. The van der Waals surface area contributed by atoms with E-state index >= 15 is 0 Å². The van der Waals surface area contributed by atoms with Gasteiger partial charge in [-0.2, -0.15) is 0 Å². The van der Waals surface area contributed by atoms with Crippen molar-refractivity contribution >= 4 is 5.91 Å². The molecule has 1 aliphatic rings. The molecule has 1 heterocycles. The highest BCUT2D eigenvalue weighted by Gasteiger charge is 2.15. The molecule has 1 unspecified atom stereocenters. The highest BCUT2D eigenvalue weighted by atomic mass is 16.3. The molecule has 124 valence electrons. The lowest BCUT2D eigenvalue weighted by Gasteiger charge is -2.21. The number of allylic oxidation sites excluding steroid dienone is 1. The van der Waals surface area contributed by atoms with E-state index in [1.807, 2.05) is 25.1 Å². The lowest BCUT2D eigenvalue weighted by Crippen LogP contribution is -2.34. The van der Waals surface area contributed by atoms with Crippen molar-refractivity contribution in [3.63, 3.8) is 0 Å². The number of rotatable bonds is 4. The maximum Gasteiger partial charge on any atom is 0.251 e. The summed E-state index contributed by atoms with van der Waals surface area (Å²) in [5, 5.41) is 12.4. The predicted molar refractivity (Wildman–Crippen MR) is 94.8 cm³/mol. The van der Waals surface area contributed by atoms with Crippen LogP contribution in [0.1, 0.15) is 43.0 Å². The number of hydrogen-bond acceptors (Lipinski definition) is 3. The minimum absolute atomic E-state index is 0.0632. The molecule has 1 aliphatic carbocycles. The normalized spacial score (nSPS) is 15.5. The van der Waals surface area contributed by atoms with Crippen LogP contribution in [0.4, 0.5) is 0 Å². The molecule has 1 amide bonds. The lowest BCUT2D eigenvalue weighted by molar-refractivity contribution is 0.0944. The van der Waals surface area contributed by atoms with Crippen LogP contribution in [0, 0.1) is 0 Å². The van der Waals surface area contributed by atoms with E-state index in [2.05, 4.69) is 16.4 Å². The molecule has 0 aliphatic heterocycles. The van der Waals surface area contributed by atoms with E-state index in [1.54, 1.807) is 18.2 Å². The van der Waals surface area contributed by atoms with Crippen LogP contribution in [0.2, 0.25) is 0 Å². The molecule has 4 heteroatoms. The standard InChI is InChI=1S/C20H22N2O2/c1-14(15-6-3-2-4-7-15)22-20(24)17-9-5-8-16(12-17)19-11-10-18(23)13-21-19/h5-6,8-14,23H,2-4,7H2,1H3,(H,22,24). The Hall–Kier alpha value is -2.62. The van der Waals surface area contributed by atoms with Crippen molar-refractivity contribution in [1.82, 2.24) is 10.3 Å². The van der Waals surface area contributed by atoms with Gasteiger partial charge >= 0.3 is 0 Å². The summed E-state index contributed by atoms with van der Waals surface area (Å²) in [5.41, 5.74) is 3.52. The Morgan fingerprint density at radius 1 is 1.25 bits per heavy atom. The van der Waals surface area contributed by atoms with Crippen LogP contribution in [0.3, 0.4) is 0 Å². The van der Waals surface area contributed by atoms with E-state index in [0.29, 0.717) is 5.56 Å². The summed E-state index contributed by atoms with van der Waals surface area (Å²) in [6.45, 7) is 2.04. The molecule has 4 nitrogen and oxygen atoms in total. The zero-order valence-electron chi connectivity index (χ0n) is 13.8. The first-order valence-electron chi connectivity index (χ1n) is 8.39. The second kappa shape index (κ2) is 7.30. The molecule has 1 atom stereocenters. The van der Waals surface area contributed by atoms with Gasteiger partial charge in [0.1, 0.15) is 5.75 Å². The van der Waals surface area contributed by atoms with Gasteiger partial charge in [0.15, 0.2) is 0 Å². The Morgan fingerprint density at radius 3 is 2.83 bits per heavy atom. The summed E-state index contributed by atoms with van der Waals surface area (Å²) in [5.74, 6) is 0.0526. The van der Waals surface area contributed by atoms with Crippen LogP contribution in [-0.2, 0) is 0 Å². The van der Waals surface area contributed by atoms with Gasteiger partial charge in [-0.05, 0) is 56.9 Å². The molecule has 3 rings (SSSR count). The van der Waals surface area contributed by atoms with Crippen molar-refractivity contribution in [3.8, 4) is 17.0 Å². The first-order chi connectivity index (χ1) is 11.6. The van der Waals surface area contributed by atoms with Gasteiger partial charge < -0.3 is 10.4 Å². The van der Waals surface area contributed by atoms with Gasteiger partial charge in [-0.1, -0.05) is 23.8 Å². The molecule has 1 aromatic heterocycles. The van der Waals surface area contributed by atoms with Crippen molar-refractivity contribution in [2.75, 3.05) is 0 Å². The average molecular weight is 322 g/mol. The number of nitrogens with zero attached hydrogens (tertiary/aromatic N) is 1. The molecule has 0 spiro atoms. The van der Waals surface area contributed by atoms with E-state index in [9.17, 15) is 9.90 Å². The number of nitrogens with one attached hydrogen (secondary N) is 1. The van der Waals surface area contributed by atoms with Gasteiger partial charge in [0, 0.05) is 17.2 Å². The molecule has 24 heavy (non-hydrogen) atoms. The Bertz CT molecular complexity index is 750. The topological polar surface area (TPSA) is 62.2 Å². The molecule has 1 aromatic carbocycles. The van der Waals surface area contributed by atoms with Gasteiger partial charge in [0.05, 0.1) is 11.9 Å². The van der Waals surface area contributed by atoms with E-state index in [1.165, 1.54) is 24.6 Å². The fourth-order valence-corrected chi connectivity index (χ4v) is 3.01. The van der Waals surface area contributed by atoms with Gasteiger partial charge in [-0.3, -0.25) is 9.78 Å². The quantitative estimate of drug-likeness (QED) is 0.834. The number of aromatic nitrogens is 1. The third-order valence-corrected chi connectivity index (χ3v) is 4.40. The second-order valence-electron chi connectivity index (χ2n) is 6.20. The van der Waals surface area contributed by atoms with Crippen LogP contribution in [0.15, 0.2) is 54.2 Å². The van der Waals surface area contributed by atoms with Gasteiger partial charge in [0.2, 0.25) is 0 Å². The molecule has 2 aromatic rings. The molecular formula is C20H22N2O2. The van der Waals surface area contributed by atoms with Crippen molar-refractivity contribution in [1.29, 1.82) is 0 Å². The molecular weight excluding hydrogens is 300 g/mol. The third kappa shape index (κ3) is 3.82. The summed E-state index contributed by atoms with van der Waals surface area (Å²) in [6, 6.07) is 10.8. The fraction of sp³-hybridized carbons (Fsp3) is 0.300. The monoisotopic (exact) mass is 322 g/mol. The number of hydrogen-bond donors (Lipinski definition) is 2. The van der Waals surface area contributed by atoms with Crippen LogP contribution < -0.4 is 5.32 Å². The maximum absolute atomic E-state index is 12.5. The molecule has 0 fully saturated rings. The van der Waals surface area contributed by atoms with E-state index in [0.717, 1.165) is 24.1 Å². The van der Waals surface area contributed by atoms with E-state index < -0.39 is 0 Å². The molecule has 0 bridgehead atoms. The molecule has 2 N–H and O–H groups in total. The number of benzene rings is 1.